The number of aromatic nitrogens is 2. The summed E-state index contributed by atoms with van der Waals surface area (Å²) in [7, 11) is 0. The van der Waals surface area contributed by atoms with Gasteiger partial charge in [-0.15, -0.1) is 0 Å². The second-order valence-corrected chi connectivity index (χ2v) is 8.15. The molecule has 2 heterocycles. The van der Waals surface area contributed by atoms with Gasteiger partial charge >= 0.3 is 6.03 Å². The summed E-state index contributed by atoms with van der Waals surface area (Å²) >= 11 is 0. The van der Waals surface area contributed by atoms with Gasteiger partial charge in [0.1, 0.15) is 0 Å². The van der Waals surface area contributed by atoms with E-state index in [2.05, 4.69) is 53.8 Å². The second-order valence-electron chi connectivity index (χ2n) is 8.15. The van der Waals surface area contributed by atoms with Crippen LogP contribution in [0.3, 0.4) is 0 Å². The van der Waals surface area contributed by atoms with Crippen LogP contribution in [0.1, 0.15) is 71.0 Å². The predicted molar refractivity (Wildman–Crippen MR) is 86.0 cm³/mol. The minimum Gasteiger partial charge on any atom is -0.337 e. The van der Waals surface area contributed by atoms with Crippen LogP contribution in [0.15, 0.2) is 4.52 Å². The molecule has 7 nitrogen and oxygen atoms in total. The quantitative estimate of drug-likeness (QED) is 0.789. The Kier molecular flexibility index (Phi) is 4.08. The predicted octanol–water partition coefficient (Wildman–Crippen LogP) is 2.06. The van der Waals surface area contributed by atoms with Crippen molar-refractivity contribution in [2.24, 2.45) is 0 Å². The van der Waals surface area contributed by atoms with E-state index in [1.807, 2.05) is 0 Å². The van der Waals surface area contributed by atoms with E-state index in [0.29, 0.717) is 11.8 Å². The molecule has 1 aromatic rings. The highest BCUT2D eigenvalue weighted by Crippen LogP contribution is 2.38. The Hall–Kier alpha value is -1.63. The first-order valence-electron chi connectivity index (χ1n) is 8.39. The van der Waals surface area contributed by atoms with E-state index in [-0.39, 0.29) is 29.7 Å². The van der Waals surface area contributed by atoms with Crippen LogP contribution < -0.4 is 16.0 Å². The molecule has 0 atom stereocenters. The SMILES string of the molecule is CC1(C)CC(NC(=O)NCc2nc(C3CC3)no2)CC(C)(C)N1. The zero-order chi connectivity index (χ0) is 16.7. The molecule has 7 heteroatoms. The Labute approximate surface area is 137 Å². The lowest BCUT2D eigenvalue weighted by molar-refractivity contribution is 0.147. The van der Waals surface area contributed by atoms with Gasteiger partial charge in [-0.25, -0.2) is 4.79 Å². The third kappa shape index (κ3) is 4.43. The molecule has 1 aliphatic carbocycles. The molecule has 23 heavy (non-hydrogen) atoms. The Morgan fingerprint density at radius 2 is 1.91 bits per heavy atom. The summed E-state index contributed by atoms with van der Waals surface area (Å²) in [6.45, 7) is 8.93. The maximum Gasteiger partial charge on any atom is 0.315 e. The minimum atomic E-state index is -0.185. The molecule has 2 aliphatic rings. The van der Waals surface area contributed by atoms with Gasteiger partial charge in [-0.3, -0.25) is 0 Å². The molecule has 0 unspecified atom stereocenters. The highest BCUT2D eigenvalue weighted by Gasteiger charge is 2.38. The molecule has 2 fully saturated rings. The molecule has 2 amide bonds. The molecule has 1 saturated carbocycles. The summed E-state index contributed by atoms with van der Waals surface area (Å²) in [5.41, 5.74) is 0.0106. The molecule has 0 radical (unpaired) electrons. The number of nitrogens with one attached hydrogen (secondary N) is 3. The van der Waals surface area contributed by atoms with E-state index >= 15 is 0 Å². The van der Waals surface area contributed by atoms with Crippen LogP contribution in [0.5, 0.6) is 0 Å². The fourth-order valence-electron chi connectivity index (χ4n) is 3.66. The van der Waals surface area contributed by atoms with Crippen molar-refractivity contribution in [1.29, 1.82) is 0 Å². The number of carbonyl (C=O) groups excluding carboxylic acids is 1. The van der Waals surface area contributed by atoms with Crippen molar-refractivity contribution in [3.8, 4) is 0 Å². The van der Waals surface area contributed by atoms with Crippen LogP contribution in [0.25, 0.3) is 0 Å². The first-order chi connectivity index (χ1) is 10.7. The molecule has 1 saturated heterocycles. The summed E-state index contributed by atoms with van der Waals surface area (Å²) in [6, 6.07) is -0.0411. The van der Waals surface area contributed by atoms with Gasteiger partial charge in [-0.1, -0.05) is 5.16 Å². The molecule has 1 aliphatic heterocycles. The molecule has 0 aromatic carbocycles. The normalized spacial score (nSPS) is 23.5. The molecule has 0 bridgehead atoms. The average Bonchev–Trinajstić information content (AvgIpc) is 3.12. The number of rotatable bonds is 4. The fourth-order valence-corrected chi connectivity index (χ4v) is 3.66. The first-order valence-corrected chi connectivity index (χ1v) is 8.39. The Bertz CT molecular complexity index is 561. The van der Waals surface area contributed by atoms with E-state index in [1.165, 1.54) is 0 Å². The van der Waals surface area contributed by atoms with Crippen LogP contribution in [0.4, 0.5) is 4.79 Å². The smallest absolute Gasteiger partial charge is 0.315 e. The van der Waals surface area contributed by atoms with Gasteiger partial charge < -0.3 is 20.5 Å². The van der Waals surface area contributed by atoms with Crippen molar-refractivity contribution in [2.75, 3.05) is 0 Å². The standard InChI is InChI=1S/C16H27N5O2/c1-15(2)7-11(8-16(3,4)21-15)18-14(22)17-9-12-19-13(20-23-12)10-5-6-10/h10-11,21H,5-9H2,1-4H3,(H2,17,18,22). The van der Waals surface area contributed by atoms with Crippen LogP contribution in [-0.2, 0) is 6.54 Å². The molecule has 3 N–H and O–H groups in total. The summed E-state index contributed by atoms with van der Waals surface area (Å²) in [5.74, 6) is 1.69. The van der Waals surface area contributed by atoms with Crippen LogP contribution in [0, 0.1) is 0 Å². The lowest BCUT2D eigenvalue weighted by Crippen LogP contribution is -2.62. The zero-order valence-electron chi connectivity index (χ0n) is 14.4. The zero-order valence-corrected chi connectivity index (χ0v) is 14.4. The summed E-state index contributed by atoms with van der Waals surface area (Å²) < 4.78 is 5.16. The van der Waals surface area contributed by atoms with E-state index in [9.17, 15) is 4.79 Å². The van der Waals surface area contributed by atoms with Gasteiger partial charge in [-0.2, -0.15) is 4.98 Å². The summed E-state index contributed by atoms with van der Waals surface area (Å²) in [4.78, 5) is 16.4. The average molecular weight is 321 g/mol. The van der Waals surface area contributed by atoms with Gasteiger partial charge in [0.25, 0.3) is 0 Å². The largest absolute Gasteiger partial charge is 0.337 e. The maximum absolute atomic E-state index is 12.1. The third-order valence-electron chi connectivity index (χ3n) is 4.35. The van der Waals surface area contributed by atoms with E-state index < -0.39 is 0 Å². The molecule has 0 spiro atoms. The number of piperidine rings is 1. The van der Waals surface area contributed by atoms with E-state index in [1.54, 1.807) is 0 Å². The molecule has 3 rings (SSSR count). The number of nitrogens with zero attached hydrogens (tertiary/aromatic N) is 2. The van der Waals surface area contributed by atoms with Crippen molar-refractivity contribution in [3.05, 3.63) is 11.7 Å². The Balaban J connectivity index is 1.48. The maximum atomic E-state index is 12.1. The van der Waals surface area contributed by atoms with Crippen molar-refractivity contribution in [3.63, 3.8) is 0 Å². The monoisotopic (exact) mass is 321 g/mol. The van der Waals surface area contributed by atoms with Gasteiger partial charge in [0.15, 0.2) is 5.82 Å². The van der Waals surface area contributed by atoms with Crippen molar-refractivity contribution >= 4 is 6.03 Å². The van der Waals surface area contributed by atoms with Crippen molar-refractivity contribution in [2.45, 2.75) is 83.0 Å². The Morgan fingerprint density at radius 1 is 1.26 bits per heavy atom. The molecule has 128 valence electrons. The van der Waals surface area contributed by atoms with E-state index in [4.69, 9.17) is 4.52 Å². The number of carbonyl (C=O) groups is 1. The Morgan fingerprint density at radius 3 is 2.52 bits per heavy atom. The summed E-state index contributed by atoms with van der Waals surface area (Å²) in [5, 5.41) is 13.4. The molecular weight excluding hydrogens is 294 g/mol. The topological polar surface area (TPSA) is 92.1 Å². The first kappa shape index (κ1) is 16.2. The number of urea groups is 1. The van der Waals surface area contributed by atoms with Gasteiger partial charge in [0.05, 0.1) is 6.54 Å². The van der Waals surface area contributed by atoms with E-state index in [0.717, 1.165) is 31.5 Å². The third-order valence-corrected chi connectivity index (χ3v) is 4.35. The number of amides is 2. The van der Waals surface area contributed by atoms with Crippen molar-refractivity contribution < 1.29 is 9.32 Å². The highest BCUT2D eigenvalue weighted by atomic mass is 16.5. The van der Waals surface area contributed by atoms with Crippen LogP contribution in [-0.4, -0.2) is 33.3 Å². The van der Waals surface area contributed by atoms with Gasteiger partial charge in [0, 0.05) is 23.0 Å². The molecular formula is C16H27N5O2. The summed E-state index contributed by atoms with van der Waals surface area (Å²) in [6.07, 6.45) is 4.06. The van der Waals surface area contributed by atoms with Gasteiger partial charge in [0.2, 0.25) is 5.89 Å². The fraction of sp³-hybridized carbons (Fsp3) is 0.812. The number of hydrogen-bond donors (Lipinski definition) is 3. The minimum absolute atomic E-state index is 0.00531. The van der Waals surface area contributed by atoms with Gasteiger partial charge in [-0.05, 0) is 53.4 Å². The lowest BCUT2D eigenvalue weighted by atomic mass is 9.80. The lowest BCUT2D eigenvalue weighted by Gasteiger charge is -2.46. The van der Waals surface area contributed by atoms with Crippen molar-refractivity contribution in [1.82, 2.24) is 26.1 Å². The second kappa shape index (κ2) is 5.78. The molecule has 1 aromatic heterocycles. The highest BCUT2D eigenvalue weighted by molar-refractivity contribution is 5.74. The number of hydrogen-bond acceptors (Lipinski definition) is 5. The van der Waals surface area contributed by atoms with Crippen LogP contribution in [0.2, 0.25) is 0 Å². The van der Waals surface area contributed by atoms with Crippen LogP contribution >= 0.6 is 0 Å².